The van der Waals surface area contributed by atoms with Crippen molar-refractivity contribution in [3.05, 3.63) is 0 Å². The summed E-state index contributed by atoms with van der Waals surface area (Å²) < 4.78 is 0. The van der Waals surface area contributed by atoms with Gasteiger partial charge in [-0.25, -0.2) is 0 Å². The summed E-state index contributed by atoms with van der Waals surface area (Å²) in [5.41, 5.74) is 0. The van der Waals surface area contributed by atoms with Crippen molar-refractivity contribution in [1.82, 2.24) is 4.90 Å². The maximum Gasteiger partial charge on any atom is 0.0471 e. The first kappa shape index (κ1) is 8.52. The van der Waals surface area contributed by atoms with Crippen LogP contribution in [0.4, 0.5) is 0 Å². The fourth-order valence-corrected chi connectivity index (χ4v) is 2.63. The van der Waals surface area contributed by atoms with Gasteiger partial charge in [-0.15, -0.1) is 0 Å². The van der Waals surface area contributed by atoms with Crippen LogP contribution in [0.3, 0.4) is 0 Å². The van der Waals surface area contributed by atoms with Gasteiger partial charge in [0.1, 0.15) is 0 Å². The zero-order chi connectivity index (χ0) is 8.39. The quantitative estimate of drug-likeness (QED) is 0.638. The highest BCUT2D eigenvalue weighted by Crippen LogP contribution is 2.28. The molecule has 12 heavy (non-hydrogen) atoms. The number of nitrogens with zero attached hydrogens (tertiary/aromatic N) is 1. The Bertz CT molecular complexity index is 149. The zero-order valence-corrected chi connectivity index (χ0v) is 7.71. The molecule has 0 aromatic rings. The molecule has 2 aliphatic heterocycles. The summed E-state index contributed by atoms with van der Waals surface area (Å²) in [6.45, 7) is 2.82. The van der Waals surface area contributed by atoms with Crippen molar-refractivity contribution in [2.75, 3.05) is 19.7 Å². The Morgan fingerprint density at radius 1 is 1.17 bits per heavy atom. The number of piperidine rings is 2. The van der Waals surface area contributed by atoms with Gasteiger partial charge in [0, 0.05) is 19.2 Å². The highest BCUT2D eigenvalue weighted by atomic mass is 16.3. The molecule has 2 heteroatoms. The first-order chi connectivity index (χ1) is 5.90. The van der Waals surface area contributed by atoms with Crippen molar-refractivity contribution in [2.24, 2.45) is 5.92 Å². The second-order valence-corrected chi connectivity index (χ2v) is 4.27. The Balaban J connectivity index is 1.90. The molecule has 0 saturated carbocycles. The number of hydrogen-bond donors (Lipinski definition) is 1. The standard InChI is InChI=1S/C10H19NO/c12-8-9-4-5-10-3-1-2-6-11(10)7-9/h9-10,12H,1-8H2/t9-,10?/m0/s1. The lowest BCUT2D eigenvalue weighted by Gasteiger charge is -2.42. The minimum Gasteiger partial charge on any atom is -0.396 e. The fourth-order valence-electron chi connectivity index (χ4n) is 2.63. The summed E-state index contributed by atoms with van der Waals surface area (Å²) >= 11 is 0. The van der Waals surface area contributed by atoms with Crippen LogP contribution >= 0.6 is 0 Å². The van der Waals surface area contributed by atoms with Crippen LogP contribution in [0.25, 0.3) is 0 Å². The summed E-state index contributed by atoms with van der Waals surface area (Å²) in [6, 6.07) is 0.863. The van der Waals surface area contributed by atoms with E-state index < -0.39 is 0 Å². The van der Waals surface area contributed by atoms with E-state index in [0.29, 0.717) is 12.5 Å². The van der Waals surface area contributed by atoms with Gasteiger partial charge in [0.05, 0.1) is 0 Å². The SMILES string of the molecule is OC[C@H]1CCC2CCCCN2C1. The molecule has 2 saturated heterocycles. The maximum atomic E-state index is 9.05. The fraction of sp³-hybridized carbons (Fsp3) is 1.00. The lowest BCUT2D eigenvalue weighted by molar-refractivity contribution is 0.0519. The number of aliphatic hydroxyl groups is 1. The molecule has 2 atom stereocenters. The third-order valence-corrected chi connectivity index (χ3v) is 3.41. The van der Waals surface area contributed by atoms with Crippen molar-refractivity contribution in [3.8, 4) is 0 Å². The predicted octanol–water partition coefficient (Wildman–Crippen LogP) is 1.24. The maximum absolute atomic E-state index is 9.05. The Morgan fingerprint density at radius 3 is 2.92 bits per heavy atom. The van der Waals surface area contributed by atoms with Gasteiger partial charge in [-0.3, -0.25) is 0 Å². The van der Waals surface area contributed by atoms with Gasteiger partial charge in [0.2, 0.25) is 0 Å². The van der Waals surface area contributed by atoms with Gasteiger partial charge in [-0.2, -0.15) is 0 Å². The Kier molecular flexibility index (Phi) is 2.66. The lowest BCUT2D eigenvalue weighted by Crippen LogP contribution is -2.46. The Hall–Kier alpha value is -0.0800. The lowest BCUT2D eigenvalue weighted by atomic mass is 9.88. The Morgan fingerprint density at radius 2 is 2.08 bits per heavy atom. The van der Waals surface area contributed by atoms with E-state index >= 15 is 0 Å². The molecule has 0 bridgehead atoms. The smallest absolute Gasteiger partial charge is 0.0471 e. The van der Waals surface area contributed by atoms with E-state index in [0.717, 1.165) is 12.6 Å². The van der Waals surface area contributed by atoms with Crippen molar-refractivity contribution in [2.45, 2.75) is 38.1 Å². The van der Waals surface area contributed by atoms with Gasteiger partial charge in [0.25, 0.3) is 0 Å². The van der Waals surface area contributed by atoms with Crippen LogP contribution in [0.1, 0.15) is 32.1 Å². The first-order valence-electron chi connectivity index (χ1n) is 5.25. The number of aliphatic hydroxyl groups excluding tert-OH is 1. The van der Waals surface area contributed by atoms with E-state index in [4.69, 9.17) is 5.11 Å². The van der Waals surface area contributed by atoms with Crippen LogP contribution in [0.2, 0.25) is 0 Å². The number of fused-ring (bicyclic) bond motifs is 1. The first-order valence-corrected chi connectivity index (χ1v) is 5.25. The van der Waals surface area contributed by atoms with E-state index in [2.05, 4.69) is 4.90 Å². The average Bonchev–Trinajstić information content (AvgIpc) is 2.17. The molecular formula is C10H19NO. The number of rotatable bonds is 1. The molecule has 2 aliphatic rings. The molecule has 0 radical (unpaired) electrons. The molecule has 0 aromatic carbocycles. The van der Waals surface area contributed by atoms with Gasteiger partial charge in [-0.05, 0) is 38.1 Å². The van der Waals surface area contributed by atoms with E-state index in [1.165, 1.54) is 38.6 Å². The Labute approximate surface area is 74.6 Å². The van der Waals surface area contributed by atoms with Crippen LogP contribution in [0, 0.1) is 5.92 Å². The van der Waals surface area contributed by atoms with E-state index in [1.54, 1.807) is 0 Å². The molecule has 0 amide bonds. The normalized spacial score (nSPS) is 37.8. The molecule has 1 unspecified atom stereocenters. The second-order valence-electron chi connectivity index (χ2n) is 4.27. The van der Waals surface area contributed by atoms with Gasteiger partial charge in [0.15, 0.2) is 0 Å². The highest BCUT2D eigenvalue weighted by molar-refractivity contribution is 4.83. The van der Waals surface area contributed by atoms with Crippen molar-refractivity contribution in [1.29, 1.82) is 0 Å². The van der Waals surface area contributed by atoms with Gasteiger partial charge >= 0.3 is 0 Å². The largest absolute Gasteiger partial charge is 0.396 e. The topological polar surface area (TPSA) is 23.5 Å². The van der Waals surface area contributed by atoms with Crippen molar-refractivity contribution >= 4 is 0 Å². The highest BCUT2D eigenvalue weighted by Gasteiger charge is 2.29. The van der Waals surface area contributed by atoms with Gasteiger partial charge < -0.3 is 10.0 Å². The molecule has 70 valence electrons. The van der Waals surface area contributed by atoms with Crippen LogP contribution in [0.15, 0.2) is 0 Å². The van der Waals surface area contributed by atoms with Crippen LogP contribution < -0.4 is 0 Å². The minimum atomic E-state index is 0.392. The van der Waals surface area contributed by atoms with Crippen LogP contribution in [0.5, 0.6) is 0 Å². The zero-order valence-electron chi connectivity index (χ0n) is 7.71. The summed E-state index contributed by atoms with van der Waals surface area (Å²) in [5.74, 6) is 0.569. The molecule has 2 nitrogen and oxygen atoms in total. The molecule has 2 heterocycles. The minimum absolute atomic E-state index is 0.392. The second kappa shape index (κ2) is 3.75. The molecule has 1 N–H and O–H groups in total. The van der Waals surface area contributed by atoms with Gasteiger partial charge in [-0.1, -0.05) is 6.42 Å². The van der Waals surface area contributed by atoms with Crippen molar-refractivity contribution < 1.29 is 5.11 Å². The monoisotopic (exact) mass is 169 g/mol. The molecule has 2 rings (SSSR count). The third-order valence-electron chi connectivity index (χ3n) is 3.41. The van der Waals surface area contributed by atoms with Crippen LogP contribution in [-0.2, 0) is 0 Å². The summed E-state index contributed by atoms with van der Waals surface area (Å²) in [7, 11) is 0. The summed E-state index contributed by atoms with van der Waals surface area (Å²) in [4.78, 5) is 2.59. The number of hydrogen-bond acceptors (Lipinski definition) is 2. The molecular weight excluding hydrogens is 150 g/mol. The third kappa shape index (κ3) is 1.64. The summed E-state index contributed by atoms with van der Waals surface area (Å²) in [6.07, 6.45) is 6.76. The van der Waals surface area contributed by atoms with E-state index in [1.807, 2.05) is 0 Å². The average molecular weight is 169 g/mol. The molecule has 0 spiro atoms. The molecule has 0 aromatic heterocycles. The summed E-state index contributed by atoms with van der Waals surface area (Å²) in [5, 5.41) is 9.05. The van der Waals surface area contributed by atoms with Crippen molar-refractivity contribution in [3.63, 3.8) is 0 Å². The van der Waals surface area contributed by atoms with E-state index in [9.17, 15) is 0 Å². The van der Waals surface area contributed by atoms with Crippen LogP contribution in [-0.4, -0.2) is 35.7 Å². The predicted molar refractivity (Wildman–Crippen MR) is 49.0 cm³/mol. The van der Waals surface area contributed by atoms with E-state index in [-0.39, 0.29) is 0 Å². The molecule has 2 fully saturated rings. The molecule has 0 aliphatic carbocycles.